The highest BCUT2D eigenvalue weighted by molar-refractivity contribution is 7.86. The van der Waals surface area contributed by atoms with Gasteiger partial charge in [0.2, 0.25) is 11.8 Å². The Balaban J connectivity index is 4.40. The molecule has 2 amide bonds. The topological polar surface area (TPSA) is 164 Å². The standard InChI is InChI=1S/C7H12N2O7S/c8-5(10)2-1-4(7(12)13)9-6(11)3-17(14,15)16/h4H,1-3H2,(H2,8,10)(H,9,11)(H,12,13)(H,14,15,16). The third kappa shape index (κ3) is 8.16. The van der Waals surface area contributed by atoms with Crippen LogP contribution in [-0.2, 0) is 24.5 Å². The highest BCUT2D eigenvalue weighted by Crippen LogP contribution is 1.98. The Morgan fingerprint density at radius 2 is 1.82 bits per heavy atom. The number of primary amides is 1. The molecule has 5 N–H and O–H groups in total. The lowest BCUT2D eigenvalue weighted by Gasteiger charge is -2.12. The zero-order chi connectivity index (χ0) is 13.6. The number of aliphatic carboxylic acids is 1. The molecule has 0 aromatic rings. The van der Waals surface area contributed by atoms with Crippen LogP contribution in [0.4, 0.5) is 0 Å². The summed E-state index contributed by atoms with van der Waals surface area (Å²) in [5.74, 6) is -4.60. The van der Waals surface area contributed by atoms with Gasteiger partial charge in [-0.05, 0) is 6.42 Å². The summed E-state index contributed by atoms with van der Waals surface area (Å²) < 4.78 is 29.0. The molecule has 0 aliphatic heterocycles. The number of carbonyl (C=O) groups is 3. The number of nitrogens with two attached hydrogens (primary N) is 1. The molecule has 1 atom stereocenters. The summed E-state index contributed by atoms with van der Waals surface area (Å²) in [6.45, 7) is 0. The van der Waals surface area contributed by atoms with Crippen LogP contribution in [0, 0.1) is 0 Å². The second-order valence-corrected chi connectivity index (χ2v) is 4.64. The first-order valence-electron chi connectivity index (χ1n) is 4.37. The highest BCUT2D eigenvalue weighted by Gasteiger charge is 2.22. The molecule has 0 aromatic heterocycles. The smallest absolute Gasteiger partial charge is 0.326 e. The molecular weight excluding hydrogens is 256 g/mol. The molecule has 0 rings (SSSR count). The number of carboxylic acids is 1. The minimum Gasteiger partial charge on any atom is -0.480 e. The third-order valence-electron chi connectivity index (χ3n) is 1.63. The van der Waals surface area contributed by atoms with Crippen LogP contribution < -0.4 is 11.1 Å². The average Bonchev–Trinajstić information content (AvgIpc) is 2.08. The zero-order valence-electron chi connectivity index (χ0n) is 8.62. The molecule has 0 heterocycles. The SMILES string of the molecule is NC(=O)CCC(NC(=O)CS(=O)(=O)O)C(=O)O. The van der Waals surface area contributed by atoms with Crippen molar-refractivity contribution >= 4 is 27.9 Å². The van der Waals surface area contributed by atoms with Crippen LogP contribution in [0.25, 0.3) is 0 Å². The molecule has 98 valence electrons. The van der Waals surface area contributed by atoms with Crippen molar-refractivity contribution in [2.75, 3.05) is 5.75 Å². The van der Waals surface area contributed by atoms with Gasteiger partial charge < -0.3 is 16.2 Å². The molecule has 0 fully saturated rings. The Kier molecular flexibility index (Phi) is 5.55. The van der Waals surface area contributed by atoms with Gasteiger partial charge in [-0.2, -0.15) is 8.42 Å². The van der Waals surface area contributed by atoms with Crippen LogP contribution >= 0.6 is 0 Å². The lowest BCUT2D eigenvalue weighted by Crippen LogP contribution is -2.43. The van der Waals surface area contributed by atoms with Crippen LogP contribution in [0.3, 0.4) is 0 Å². The molecule has 0 saturated carbocycles. The third-order valence-corrected chi connectivity index (χ3v) is 2.25. The molecule has 17 heavy (non-hydrogen) atoms. The van der Waals surface area contributed by atoms with E-state index in [1.165, 1.54) is 0 Å². The second-order valence-electron chi connectivity index (χ2n) is 3.19. The predicted octanol–water partition coefficient (Wildman–Crippen LogP) is -2.29. The monoisotopic (exact) mass is 268 g/mol. The molecule has 0 bridgehead atoms. The van der Waals surface area contributed by atoms with Crippen molar-refractivity contribution in [2.24, 2.45) is 5.73 Å². The van der Waals surface area contributed by atoms with Crippen molar-refractivity contribution in [2.45, 2.75) is 18.9 Å². The quantitative estimate of drug-likeness (QED) is 0.377. The van der Waals surface area contributed by atoms with Crippen LogP contribution in [-0.4, -0.2) is 47.7 Å². The number of hydrogen-bond acceptors (Lipinski definition) is 5. The average molecular weight is 268 g/mol. The Morgan fingerprint density at radius 3 is 2.18 bits per heavy atom. The highest BCUT2D eigenvalue weighted by atomic mass is 32.2. The van der Waals surface area contributed by atoms with E-state index in [4.69, 9.17) is 15.4 Å². The van der Waals surface area contributed by atoms with Gasteiger partial charge in [-0.25, -0.2) is 4.79 Å². The fourth-order valence-electron chi connectivity index (χ4n) is 0.946. The fourth-order valence-corrected chi connectivity index (χ4v) is 1.36. The zero-order valence-corrected chi connectivity index (χ0v) is 9.44. The Labute approximate surface area is 96.7 Å². The van der Waals surface area contributed by atoms with Crippen LogP contribution in [0.2, 0.25) is 0 Å². The van der Waals surface area contributed by atoms with Gasteiger partial charge in [-0.1, -0.05) is 0 Å². The number of amides is 2. The van der Waals surface area contributed by atoms with E-state index < -0.39 is 39.7 Å². The van der Waals surface area contributed by atoms with Gasteiger partial charge in [-0.3, -0.25) is 14.1 Å². The fraction of sp³-hybridized carbons (Fsp3) is 0.571. The molecular formula is C7H12N2O7S. The van der Waals surface area contributed by atoms with Crippen molar-refractivity contribution in [1.29, 1.82) is 0 Å². The number of carbonyl (C=O) groups excluding carboxylic acids is 2. The van der Waals surface area contributed by atoms with Crippen LogP contribution in [0.1, 0.15) is 12.8 Å². The van der Waals surface area contributed by atoms with Crippen LogP contribution in [0.5, 0.6) is 0 Å². The maximum Gasteiger partial charge on any atom is 0.326 e. The van der Waals surface area contributed by atoms with Crippen molar-refractivity contribution < 1.29 is 32.5 Å². The maximum atomic E-state index is 11.0. The number of hydrogen-bond donors (Lipinski definition) is 4. The van der Waals surface area contributed by atoms with Gasteiger partial charge in [0.25, 0.3) is 10.1 Å². The van der Waals surface area contributed by atoms with Gasteiger partial charge in [0.15, 0.2) is 5.75 Å². The van der Waals surface area contributed by atoms with Crippen molar-refractivity contribution in [3.05, 3.63) is 0 Å². The van der Waals surface area contributed by atoms with E-state index in [1.54, 1.807) is 0 Å². The summed E-state index contributed by atoms with van der Waals surface area (Å²) in [5, 5.41) is 10.5. The van der Waals surface area contributed by atoms with Crippen molar-refractivity contribution in [1.82, 2.24) is 5.32 Å². The van der Waals surface area contributed by atoms with Gasteiger partial charge in [0.05, 0.1) is 0 Å². The van der Waals surface area contributed by atoms with E-state index in [1.807, 2.05) is 5.32 Å². The maximum absolute atomic E-state index is 11.0. The normalized spacial score (nSPS) is 12.8. The largest absolute Gasteiger partial charge is 0.480 e. The van der Waals surface area contributed by atoms with E-state index in [0.29, 0.717) is 0 Å². The number of rotatable bonds is 7. The summed E-state index contributed by atoms with van der Waals surface area (Å²) in [6.07, 6.45) is -0.537. The minimum absolute atomic E-state index is 0.262. The van der Waals surface area contributed by atoms with Gasteiger partial charge in [-0.15, -0.1) is 0 Å². The molecule has 9 nitrogen and oxygen atoms in total. The van der Waals surface area contributed by atoms with Crippen molar-refractivity contribution in [3.8, 4) is 0 Å². The van der Waals surface area contributed by atoms with E-state index in [9.17, 15) is 22.8 Å². The van der Waals surface area contributed by atoms with Gasteiger partial charge in [0.1, 0.15) is 6.04 Å². The Hall–Kier alpha value is -1.68. The van der Waals surface area contributed by atoms with E-state index >= 15 is 0 Å². The first-order chi connectivity index (χ1) is 7.61. The Morgan fingerprint density at radius 1 is 1.29 bits per heavy atom. The first kappa shape index (κ1) is 15.3. The molecule has 0 aromatic carbocycles. The second kappa shape index (κ2) is 6.15. The summed E-state index contributed by atoms with van der Waals surface area (Å²) in [4.78, 5) is 32.0. The van der Waals surface area contributed by atoms with Gasteiger partial charge >= 0.3 is 5.97 Å². The molecule has 1 unspecified atom stereocenters. The number of nitrogens with one attached hydrogen (secondary N) is 1. The minimum atomic E-state index is -4.52. The molecule has 0 aliphatic rings. The van der Waals surface area contributed by atoms with E-state index in [-0.39, 0.29) is 12.8 Å². The molecule has 0 spiro atoms. The van der Waals surface area contributed by atoms with Crippen LogP contribution in [0.15, 0.2) is 0 Å². The summed E-state index contributed by atoms with van der Waals surface area (Å²) in [5.41, 5.74) is 4.79. The molecule has 10 heteroatoms. The summed E-state index contributed by atoms with van der Waals surface area (Å²) >= 11 is 0. The van der Waals surface area contributed by atoms with E-state index in [2.05, 4.69) is 0 Å². The lowest BCUT2D eigenvalue weighted by atomic mass is 10.1. The summed E-state index contributed by atoms with van der Waals surface area (Å²) in [7, 11) is -4.52. The predicted molar refractivity (Wildman–Crippen MR) is 54.4 cm³/mol. The van der Waals surface area contributed by atoms with Crippen molar-refractivity contribution in [3.63, 3.8) is 0 Å². The molecule has 0 aliphatic carbocycles. The van der Waals surface area contributed by atoms with Gasteiger partial charge in [0, 0.05) is 6.42 Å². The molecule has 0 saturated heterocycles. The number of carboxylic acid groups (broad SMARTS) is 1. The van der Waals surface area contributed by atoms with E-state index in [0.717, 1.165) is 0 Å². The molecule has 0 radical (unpaired) electrons. The Bertz CT molecular complexity index is 416. The summed E-state index contributed by atoms with van der Waals surface area (Å²) in [6, 6.07) is -1.43. The first-order valence-corrected chi connectivity index (χ1v) is 5.98. The lowest BCUT2D eigenvalue weighted by molar-refractivity contribution is -0.141.